The van der Waals surface area contributed by atoms with Gasteiger partial charge in [0.25, 0.3) is 0 Å². The second-order valence-electron chi connectivity index (χ2n) is 12.1. The molecule has 0 saturated carbocycles. The molecule has 6 heteroatoms. The maximum Gasteiger partial charge on any atom is 0 e. The van der Waals surface area contributed by atoms with Gasteiger partial charge in [-0.1, -0.05) is 36.4 Å². The second kappa shape index (κ2) is 13.9. The van der Waals surface area contributed by atoms with Crippen LogP contribution in [0, 0.1) is 24.8 Å². The fourth-order valence-corrected chi connectivity index (χ4v) is 8.30. The number of hydrogen-bond acceptors (Lipinski definition) is 3. The first-order chi connectivity index (χ1) is 22.2. The molecule has 3 nitrogen and oxygen atoms in total. The Labute approximate surface area is 284 Å². The molecule has 0 atom stereocenters. The summed E-state index contributed by atoms with van der Waals surface area (Å²) in [6.07, 6.45) is 3.60. The molecule has 0 aliphatic heterocycles. The normalized spacial score (nSPS) is 14.0. The van der Waals surface area contributed by atoms with Crippen LogP contribution < -0.4 is 4.40 Å². The summed E-state index contributed by atoms with van der Waals surface area (Å²) < 4.78 is 59.7. The number of nitrogens with zero attached hydrogens (tertiary/aromatic N) is 2. The van der Waals surface area contributed by atoms with Crippen molar-refractivity contribution in [1.29, 1.82) is 0 Å². The van der Waals surface area contributed by atoms with E-state index in [1.54, 1.807) is 30.5 Å². The van der Waals surface area contributed by atoms with Gasteiger partial charge in [-0.05, 0) is 35.9 Å². The maximum atomic E-state index is 13.6. The maximum absolute atomic E-state index is 13.6. The number of benzene rings is 3. The van der Waals surface area contributed by atoms with E-state index in [4.69, 9.17) is 11.3 Å². The third kappa shape index (κ3) is 7.39. The third-order valence-corrected chi connectivity index (χ3v) is 11.6. The number of rotatable bonds is 5. The Bertz CT molecular complexity index is 2090. The Hall–Kier alpha value is -3.12. The number of fused-ring (bicyclic) bond motifs is 3. The number of halogens is 1. The number of aromatic nitrogens is 2. The predicted molar refractivity (Wildman–Crippen MR) is 180 cm³/mol. The second-order valence-corrected chi connectivity index (χ2v) is 22.7. The summed E-state index contributed by atoms with van der Waals surface area (Å²) in [7, 11) is 0. The fourth-order valence-electron chi connectivity index (χ4n) is 4.98. The quantitative estimate of drug-likeness (QED) is 0.128. The Kier molecular flexibility index (Phi) is 8.59. The van der Waals surface area contributed by atoms with E-state index in [2.05, 4.69) is 39.4 Å². The first-order valence-electron chi connectivity index (χ1n) is 16.8. The van der Waals surface area contributed by atoms with Crippen LogP contribution in [0.2, 0.25) is 17.3 Å². The fraction of sp³-hybridized carbons (Fsp3) is 0.263. The predicted octanol–water partition coefficient (Wildman–Crippen LogP) is 10.2. The first-order valence-corrected chi connectivity index (χ1v) is 21.6. The van der Waals surface area contributed by atoms with Crippen LogP contribution >= 0.6 is 0 Å². The van der Waals surface area contributed by atoms with Gasteiger partial charge >= 0.3 is 131 Å². The zero-order chi connectivity index (χ0) is 35.2. The molecule has 0 N–H and O–H groups in total. The first kappa shape index (κ1) is 27.2. The summed E-state index contributed by atoms with van der Waals surface area (Å²) in [4.78, 5) is 8.99. The summed E-state index contributed by atoms with van der Waals surface area (Å²) in [5.41, 5.74) is 6.30. The van der Waals surface area contributed by atoms with E-state index in [-0.39, 0.29) is 31.5 Å². The van der Waals surface area contributed by atoms with Crippen molar-refractivity contribution in [2.45, 2.75) is 63.6 Å². The van der Waals surface area contributed by atoms with Gasteiger partial charge in [0.1, 0.15) is 11.4 Å². The number of furan rings is 1. The molecule has 0 saturated heterocycles. The molecular formula is C38H39FGeIrN2O-2. The smallest absolute Gasteiger partial charge is 0 e. The van der Waals surface area contributed by atoms with E-state index in [1.165, 1.54) is 22.6 Å². The van der Waals surface area contributed by atoms with Gasteiger partial charge in [-0.25, -0.2) is 4.39 Å². The largest absolute Gasteiger partial charge is 0 e. The van der Waals surface area contributed by atoms with Gasteiger partial charge in [-0.2, -0.15) is 0 Å². The summed E-state index contributed by atoms with van der Waals surface area (Å²) in [5.74, 6) is 5.16. The van der Waals surface area contributed by atoms with Gasteiger partial charge < -0.3 is 9.40 Å². The molecule has 3 aromatic heterocycles. The molecule has 3 aromatic carbocycles. The van der Waals surface area contributed by atoms with Crippen molar-refractivity contribution in [1.82, 2.24) is 9.97 Å². The SMILES string of the molecule is [2H]C(C)(C)c1ccnc(-c2[c-]ccc3c2oc2ccc(F)cc23)c1.[2H]C([2H])([2H])c1c[c-]c(-c2cc(C([2H])(C)C)[c]([Ge]([CH3])([CH3])[CH3])cn2)cc1.[Ir]. The molecule has 6 aromatic rings. The van der Waals surface area contributed by atoms with Crippen molar-refractivity contribution >= 4 is 39.6 Å². The minimum absolute atomic E-state index is 0. The Morgan fingerprint density at radius 2 is 1.68 bits per heavy atom. The van der Waals surface area contributed by atoms with E-state index in [0.717, 1.165) is 38.7 Å². The zero-order valence-electron chi connectivity index (χ0n) is 31.0. The van der Waals surface area contributed by atoms with Crippen LogP contribution in [0.4, 0.5) is 4.39 Å². The van der Waals surface area contributed by atoms with Crippen molar-refractivity contribution in [2.24, 2.45) is 0 Å². The molecule has 0 fully saturated rings. The minimum atomic E-state index is -2.14. The standard InChI is InChI=1S/C20H15FNO.C18H24GeN.Ir/c1-12(2)13-8-9-22-18(10-13)16-5-3-4-15-17-11-14(21)6-7-19(17)23-20(15)16;1-13(2)16-11-18(15-9-7-14(3)8-10-15)20-12-17(16)19(4,5)6;/h3-4,6-12H,1-2H3;7-9,11-13H,1-6H3;/q2*-1;/i12D;3D3,13D;. The molecule has 1 radical (unpaired) electrons. The molecule has 6 rings (SSSR count). The van der Waals surface area contributed by atoms with Crippen LogP contribution in [-0.2, 0) is 20.1 Å². The van der Waals surface area contributed by atoms with E-state index < -0.39 is 31.9 Å². The molecule has 0 aliphatic rings. The van der Waals surface area contributed by atoms with Gasteiger partial charge in [-0.15, -0.1) is 18.2 Å². The molecule has 0 spiro atoms. The zero-order valence-corrected chi connectivity index (χ0v) is 30.5. The molecule has 0 bridgehead atoms. The minimum Gasteiger partial charge on any atom is 0 e. The van der Waals surface area contributed by atoms with Gasteiger partial charge in [0.2, 0.25) is 0 Å². The monoisotopic (exact) mass is 830 g/mol. The Morgan fingerprint density at radius 1 is 0.886 bits per heavy atom. The average molecular weight is 829 g/mol. The summed E-state index contributed by atoms with van der Waals surface area (Å²) in [6, 6.07) is 24.9. The number of pyridine rings is 2. The number of hydrogen-bond donors (Lipinski definition) is 0. The molecule has 0 aliphatic carbocycles. The van der Waals surface area contributed by atoms with Gasteiger partial charge in [0, 0.05) is 33.1 Å². The Balaban J connectivity index is 0.000000216. The van der Waals surface area contributed by atoms with Crippen LogP contribution in [0.1, 0.15) is 63.0 Å². The molecule has 0 unspecified atom stereocenters. The molecule has 44 heavy (non-hydrogen) atoms. The van der Waals surface area contributed by atoms with Crippen LogP contribution in [-0.4, -0.2) is 23.2 Å². The molecule has 229 valence electrons. The molecule has 3 heterocycles. The van der Waals surface area contributed by atoms with Crippen molar-refractivity contribution in [3.63, 3.8) is 0 Å². The summed E-state index contributed by atoms with van der Waals surface area (Å²) in [6.45, 7) is 5.33. The Morgan fingerprint density at radius 3 is 2.34 bits per heavy atom. The van der Waals surface area contributed by atoms with Gasteiger partial charge in [0.05, 0.1) is 5.58 Å². The van der Waals surface area contributed by atoms with E-state index >= 15 is 0 Å². The third-order valence-electron chi connectivity index (χ3n) is 7.33. The van der Waals surface area contributed by atoms with Crippen molar-refractivity contribution in [2.75, 3.05) is 0 Å². The summed E-state index contributed by atoms with van der Waals surface area (Å²) >= 11 is -2.14. The average Bonchev–Trinajstić information content (AvgIpc) is 3.37. The van der Waals surface area contributed by atoms with Crippen LogP contribution in [0.3, 0.4) is 0 Å². The van der Waals surface area contributed by atoms with Crippen molar-refractivity contribution in [3.05, 3.63) is 114 Å². The van der Waals surface area contributed by atoms with Gasteiger partial charge in [-0.3, -0.25) is 0 Å². The van der Waals surface area contributed by atoms with E-state index in [9.17, 15) is 4.39 Å². The summed E-state index contributed by atoms with van der Waals surface area (Å²) in [5, 5.41) is 1.56. The van der Waals surface area contributed by atoms with Crippen molar-refractivity contribution in [3.8, 4) is 22.5 Å². The molecular weight excluding hydrogens is 784 g/mol. The van der Waals surface area contributed by atoms with E-state index in [0.29, 0.717) is 16.9 Å². The molecule has 0 amide bonds. The topological polar surface area (TPSA) is 38.9 Å². The van der Waals surface area contributed by atoms with Gasteiger partial charge in [0.15, 0.2) is 0 Å². The van der Waals surface area contributed by atoms with Crippen LogP contribution in [0.15, 0.2) is 83.5 Å². The van der Waals surface area contributed by atoms with Crippen LogP contribution in [0.25, 0.3) is 44.5 Å². The number of aryl methyl sites for hydroxylation is 1. The van der Waals surface area contributed by atoms with Crippen molar-refractivity contribution < 1.29 is 35.8 Å². The van der Waals surface area contributed by atoms with Crippen LogP contribution in [0.5, 0.6) is 0 Å². The van der Waals surface area contributed by atoms with E-state index in [1.807, 2.05) is 58.2 Å².